The van der Waals surface area contributed by atoms with E-state index in [2.05, 4.69) is 22.0 Å². The molecule has 0 amide bonds. The van der Waals surface area contributed by atoms with Gasteiger partial charge in [0.25, 0.3) is 0 Å². The first-order valence-electron chi connectivity index (χ1n) is 5.79. The van der Waals surface area contributed by atoms with Crippen LogP contribution in [0.2, 0.25) is 0 Å². The van der Waals surface area contributed by atoms with Gasteiger partial charge in [-0.25, -0.2) is 4.98 Å². The smallest absolute Gasteiger partial charge is 0.215 e. The molecular weight excluding hydrogens is 188 g/mol. The number of hydrogen-bond acceptors (Lipinski definition) is 3. The van der Waals surface area contributed by atoms with E-state index in [9.17, 15) is 0 Å². The fourth-order valence-corrected chi connectivity index (χ4v) is 1.99. The molecule has 0 radical (unpaired) electrons. The molecule has 2 aliphatic rings. The zero-order chi connectivity index (χ0) is 10.1. The van der Waals surface area contributed by atoms with Crippen molar-refractivity contribution >= 4 is 5.69 Å². The summed E-state index contributed by atoms with van der Waals surface area (Å²) in [6.45, 7) is 2.35. The maximum absolute atomic E-state index is 5.69. The van der Waals surface area contributed by atoms with Crippen molar-refractivity contribution in [3.8, 4) is 5.88 Å². The van der Waals surface area contributed by atoms with Crippen LogP contribution in [0, 0.1) is 0 Å². The summed E-state index contributed by atoms with van der Waals surface area (Å²) in [6.07, 6.45) is 7.28. The Kier molecular flexibility index (Phi) is 2.24. The van der Waals surface area contributed by atoms with Gasteiger partial charge in [0.2, 0.25) is 5.88 Å². The number of aromatic nitrogens is 1. The van der Waals surface area contributed by atoms with E-state index in [4.69, 9.17) is 4.74 Å². The van der Waals surface area contributed by atoms with Gasteiger partial charge in [-0.3, -0.25) is 0 Å². The third-order valence-corrected chi connectivity index (χ3v) is 3.00. The lowest BCUT2D eigenvalue weighted by Crippen LogP contribution is -2.17. The molecule has 0 bridgehead atoms. The number of hydrogen-bond donors (Lipinski definition) is 0. The van der Waals surface area contributed by atoms with Crippen LogP contribution in [0.25, 0.3) is 0 Å². The van der Waals surface area contributed by atoms with E-state index in [1.807, 2.05) is 6.20 Å². The Morgan fingerprint density at radius 1 is 1.27 bits per heavy atom. The van der Waals surface area contributed by atoms with Gasteiger partial charge in [0.15, 0.2) is 0 Å². The molecule has 0 unspecified atom stereocenters. The second kappa shape index (κ2) is 3.72. The van der Waals surface area contributed by atoms with Crippen LogP contribution < -0.4 is 9.64 Å². The highest BCUT2D eigenvalue weighted by Gasteiger charge is 2.24. The van der Waals surface area contributed by atoms with Crippen molar-refractivity contribution in [1.82, 2.24) is 4.98 Å². The van der Waals surface area contributed by atoms with Gasteiger partial charge >= 0.3 is 0 Å². The number of ether oxygens (including phenoxy) is 1. The lowest BCUT2D eigenvalue weighted by Gasteiger charge is -2.17. The van der Waals surface area contributed by atoms with Crippen molar-refractivity contribution in [1.29, 1.82) is 0 Å². The van der Waals surface area contributed by atoms with E-state index < -0.39 is 0 Å². The summed E-state index contributed by atoms with van der Waals surface area (Å²) in [7, 11) is 0. The van der Waals surface area contributed by atoms with Gasteiger partial charge in [0.1, 0.15) is 6.10 Å². The molecule has 0 N–H and O–H groups in total. The predicted molar refractivity (Wildman–Crippen MR) is 59.3 cm³/mol. The minimum Gasteiger partial charge on any atom is -0.474 e. The second-order valence-electron chi connectivity index (χ2n) is 4.36. The monoisotopic (exact) mass is 204 g/mol. The summed E-state index contributed by atoms with van der Waals surface area (Å²) < 4.78 is 5.69. The van der Waals surface area contributed by atoms with Crippen LogP contribution >= 0.6 is 0 Å². The molecule has 2 fully saturated rings. The number of pyridine rings is 1. The van der Waals surface area contributed by atoms with Gasteiger partial charge in [0.05, 0.1) is 0 Å². The lowest BCUT2D eigenvalue weighted by molar-refractivity contribution is 0.291. The Hall–Kier alpha value is -1.25. The summed E-state index contributed by atoms with van der Waals surface area (Å²) in [5.41, 5.74) is 1.26. The molecule has 3 rings (SSSR count). The van der Waals surface area contributed by atoms with Gasteiger partial charge in [0, 0.05) is 31.0 Å². The first kappa shape index (κ1) is 9.01. The summed E-state index contributed by atoms with van der Waals surface area (Å²) in [6, 6.07) is 4.15. The third kappa shape index (κ3) is 2.06. The Labute approximate surface area is 90.1 Å². The van der Waals surface area contributed by atoms with E-state index >= 15 is 0 Å². The summed E-state index contributed by atoms with van der Waals surface area (Å²) in [4.78, 5) is 6.65. The van der Waals surface area contributed by atoms with Crippen molar-refractivity contribution in [2.24, 2.45) is 0 Å². The molecule has 80 valence electrons. The maximum atomic E-state index is 5.69. The number of nitrogens with zero attached hydrogens (tertiary/aromatic N) is 2. The van der Waals surface area contributed by atoms with E-state index in [1.54, 1.807) is 0 Å². The molecule has 3 nitrogen and oxygen atoms in total. The topological polar surface area (TPSA) is 25.4 Å². The fraction of sp³-hybridized carbons (Fsp3) is 0.583. The summed E-state index contributed by atoms with van der Waals surface area (Å²) in [5, 5.41) is 0. The molecule has 15 heavy (non-hydrogen) atoms. The molecule has 1 aromatic rings. The first-order valence-corrected chi connectivity index (χ1v) is 5.79. The number of rotatable bonds is 3. The van der Waals surface area contributed by atoms with E-state index in [1.165, 1.54) is 44.5 Å². The largest absolute Gasteiger partial charge is 0.474 e. The van der Waals surface area contributed by atoms with Crippen LogP contribution in [0.4, 0.5) is 5.69 Å². The molecule has 3 heteroatoms. The molecule has 0 aromatic carbocycles. The van der Waals surface area contributed by atoms with Crippen molar-refractivity contribution in [3.63, 3.8) is 0 Å². The van der Waals surface area contributed by atoms with Crippen molar-refractivity contribution in [2.75, 3.05) is 18.0 Å². The van der Waals surface area contributed by atoms with Crippen LogP contribution in [-0.4, -0.2) is 24.2 Å². The zero-order valence-corrected chi connectivity index (χ0v) is 8.85. The standard InChI is InChI=1S/C12H16N2O/c1-2-8-14(7-1)10-5-6-13-12(9-10)15-11-3-4-11/h5-6,9,11H,1-4,7-8H2. The number of anilines is 1. The van der Waals surface area contributed by atoms with Crippen LogP contribution in [-0.2, 0) is 0 Å². The van der Waals surface area contributed by atoms with Crippen molar-refractivity contribution in [2.45, 2.75) is 31.8 Å². The molecular formula is C12H16N2O. The van der Waals surface area contributed by atoms with Crippen LogP contribution in [0.15, 0.2) is 18.3 Å². The second-order valence-corrected chi connectivity index (χ2v) is 4.36. The Morgan fingerprint density at radius 2 is 2.07 bits per heavy atom. The third-order valence-electron chi connectivity index (χ3n) is 3.00. The van der Waals surface area contributed by atoms with Crippen molar-refractivity contribution < 1.29 is 4.74 Å². The lowest BCUT2D eigenvalue weighted by atomic mass is 10.3. The first-order chi connectivity index (χ1) is 7.42. The van der Waals surface area contributed by atoms with Gasteiger partial charge in [-0.05, 0) is 31.7 Å². The minimum atomic E-state index is 0.436. The molecule has 2 heterocycles. The van der Waals surface area contributed by atoms with E-state index in [0.717, 1.165) is 5.88 Å². The van der Waals surface area contributed by atoms with Gasteiger partial charge < -0.3 is 9.64 Å². The highest BCUT2D eigenvalue weighted by Crippen LogP contribution is 2.28. The van der Waals surface area contributed by atoms with Crippen LogP contribution in [0.5, 0.6) is 5.88 Å². The van der Waals surface area contributed by atoms with Gasteiger partial charge in [-0.2, -0.15) is 0 Å². The SMILES string of the molecule is c1cc(N2CCCC2)cc(OC2CC2)n1. The predicted octanol–water partition coefficient (Wildman–Crippen LogP) is 2.22. The quantitative estimate of drug-likeness (QED) is 0.755. The zero-order valence-electron chi connectivity index (χ0n) is 8.85. The fourth-order valence-electron chi connectivity index (χ4n) is 1.99. The Bertz CT molecular complexity index is 343. The molecule has 1 saturated heterocycles. The minimum absolute atomic E-state index is 0.436. The Morgan fingerprint density at radius 3 is 2.80 bits per heavy atom. The van der Waals surface area contributed by atoms with Crippen LogP contribution in [0.1, 0.15) is 25.7 Å². The molecule has 1 aromatic heterocycles. The summed E-state index contributed by atoms with van der Waals surface area (Å²) in [5.74, 6) is 0.793. The highest BCUT2D eigenvalue weighted by molar-refractivity contribution is 5.48. The van der Waals surface area contributed by atoms with Crippen LogP contribution in [0.3, 0.4) is 0 Å². The highest BCUT2D eigenvalue weighted by atomic mass is 16.5. The average Bonchev–Trinajstić information content (AvgIpc) is 2.91. The van der Waals surface area contributed by atoms with E-state index in [0.29, 0.717) is 6.10 Å². The molecule has 0 atom stereocenters. The molecule has 1 aliphatic heterocycles. The molecule has 0 spiro atoms. The maximum Gasteiger partial charge on any atom is 0.215 e. The average molecular weight is 204 g/mol. The van der Waals surface area contributed by atoms with Gasteiger partial charge in [-0.1, -0.05) is 0 Å². The molecule has 1 aliphatic carbocycles. The normalized spacial score (nSPS) is 20.7. The van der Waals surface area contributed by atoms with Crippen molar-refractivity contribution in [3.05, 3.63) is 18.3 Å². The molecule has 1 saturated carbocycles. The van der Waals surface area contributed by atoms with E-state index in [-0.39, 0.29) is 0 Å². The summed E-state index contributed by atoms with van der Waals surface area (Å²) >= 11 is 0. The van der Waals surface area contributed by atoms with Gasteiger partial charge in [-0.15, -0.1) is 0 Å². The Balaban J connectivity index is 1.75.